The first-order valence-corrected chi connectivity index (χ1v) is 8.14. The molecular weight excluding hydrogens is 276 g/mol. The van der Waals surface area contributed by atoms with Gasteiger partial charge >= 0.3 is 0 Å². The summed E-state index contributed by atoms with van der Waals surface area (Å²) in [6, 6.07) is 21.2. The molecule has 0 unspecified atom stereocenters. The van der Waals surface area contributed by atoms with Gasteiger partial charge < -0.3 is 0 Å². The first-order chi connectivity index (χ1) is 11.0. The van der Waals surface area contributed by atoms with Crippen LogP contribution >= 0.6 is 0 Å². The second-order valence-electron chi connectivity index (χ2n) is 6.48. The summed E-state index contributed by atoms with van der Waals surface area (Å²) in [5.74, 6) is 0. The monoisotopic (exact) mass is 299 g/mol. The standard InChI is InChI=1S/C23H23/c1-15-6-10-20(11-7-15)22-14-17(3)18(4)23(19(22)5)21-12-8-16(2)9-13-21/h6-13H,1-5H3. The van der Waals surface area contributed by atoms with Gasteiger partial charge in [0, 0.05) is 0 Å². The second-order valence-corrected chi connectivity index (χ2v) is 6.48. The summed E-state index contributed by atoms with van der Waals surface area (Å²) in [6.07, 6.45) is 0. The van der Waals surface area contributed by atoms with Crippen LogP contribution in [0, 0.1) is 40.7 Å². The van der Waals surface area contributed by atoms with Crippen molar-refractivity contribution in [3.05, 3.63) is 82.4 Å². The van der Waals surface area contributed by atoms with Crippen LogP contribution in [0.3, 0.4) is 0 Å². The number of rotatable bonds is 2. The molecule has 3 aromatic rings. The fraction of sp³-hybridized carbons (Fsp3) is 0.217. The van der Waals surface area contributed by atoms with Crippen molar-refractivity contribution in [1.82, 2.24) is 0 Å². The average molecular weight is 299 g/mol. The molecule has 0 aliphatic rings. The number of hydrogen-bond acceptors (Lipinski definition) is 0. The predicted octanol–water partition coefficient (Wildman–Crippen LogP) is 6.36. The third-order valence-corrected chi connectivity index (χ3v) is 4.68. The minimum atomic E-state index is 1.21. The molecule has 0 bridgehead atoms. The van der Waals surface area contributed by atoms with Gasteiger partial charge in [0.2, 0.25) is 0 Å². The topological polar surface area (TPSA) is 0 Å². The maximum absolute atomic E-state index is 3.60. The van der Waals surface area contributed by atoms with Crippen LogP contribution in [0.2, 0.25) is 0 Å². The van der Waals surface area contributed by atoms with E-state index in [1.807, 2.05) is 0 Å². The van der Waals surface area contributed by atoms with Gasteiger partial charge in [-0.1, -0.05) is 59.7 Å². The second kappa shape index (κ2) is 6.04. The SMILES string of the molecule is Cc1ccc(-c2[c]c(C)c(C)c(-c3ccc(C)cc3)c2C)cc1. The Hall–Kier alpha value is -2.34. The normalized spacial score (nSPS) is 10.8. The highest BCUT2D eigenvalue weighted by atomic mass is 14.2. The molecule has 0 saturated carbocycles. The van der Waals surface area contributed by atoms with E-state index >= 15 is 0 Å². The molecule has 0 N–H and O–H groups in total. The van der Waals surface area contributed by atoms with E-state index in [0.29, 0.717) is 0 Å². The lowest BCUT2D eigenvalue weighted by molar-refractivity contribution is 1.29. The van der Waals surface area contributed by atoms with Gasteiger partial charge in [-0.25, -0.2) is 0 Å². The van der Waals surface area contributed by atoms with Crippen LogP contribution < -0.4 is 0 Å². The number of hydrogen-bond donors (Lipinski definition) is 0. The minimum absolute atomic E-state index is 1.21. The zero-order valence-corrected chi connectivity index (χ0v) is 14.6. The van der Waals surface area contributed by atoms with Crippen molar-refractivity contribution < 1.29 is 0 Å². The van der Waals surface area contributed by atoms with Crippen LogP contribution in [0.4, 0.5) is 0 Å². The lowest BCUT2D eigenvalue weighted by Gasteiger charge is -2.17. The molecule has 0 aliphatic carbocycles. The molecule has 1 radical (unpaired) electrons. The molecule has 0 aliphatic heterocycles. The third kappa shape index (κ3) is 2.94. The number of aryl methyl sites for hydroxylation is 3. The fourth-order valence-corrected chi connectivity index (χ4v) is 3.13. The van der Waals surface area contributed by atoms with Gasteiger partial charge in [-0.05, 0) is 79.6 Å². The Bertz CT molecular complexity index is 835. The Morgan fingerprint density at radius 1 is 0.565 bits per heavy atom. The first-order valence-electron chi connectivity index (χ1n) is 8.14. The molecule has 0 atom stereocenters. The molecule has 0 heterocycles. The quantitative estimate of drug-likeness (QED) is 0.516. The van der Waals surface area contributed by atoms with Crippen molar-refractivity contribution in [2.45, 2.75) is 34.6 Å². The van der Waals surface area contributed by atoms with Gasteiger partial charge in [0.25, 0.3) is 0 Å². The maximum atomic E-state index is 3.60. The average Bonchev–Trinajstić information content (AvgIpc) is 2.54. The third-order valence-electron chi connectivity index (χ3n) is 4.68. The number of benzene rings is 3. The summed E-state index contributed by atoms with van der Waals surface area (Å²) in [7, 11) is 0. The minimum Gasteiger partial charge on any atom is -0.0587 e. The maximum Gasteiger partial charge on any atom is -0.00613 e. The molecule has 23 heavy (non-hydrogen) atoms. The summed E-state index contributed by atoms with van der Waals surface area (Å²) in [5, 5.41) is 0. The molecule has 3 aromatic carbocycles. The van der Waals surface area contributed by atoms with Crippen molar-refractivity contribution in [3.8, 4) is 22.3 Å². The van der Waals surface area contributed by atoms with Crippen molar-refractivity contribution in [1.29, 1.82) is 0 Å². The molecule has 115 valence electrons. The molecule has 3 rings (SSSR count). The first kappa shape index (κ1) is 15.6. The van der Waals surface area contributed by atoms with Crippen molar-refractivity contribution in [3.63, 3.8) is 0 Å². The van der Waals surface area contributed by atoms with Crippen LogP contribution in [0.15, 0.2) is 48.5 Å². The summed E-state index contributed by atoms with van der Waals surface area (Å²) in [6.45, 7) is 10.8. The van der Waals surface area contributed by atoms with Crippen LogP contribution in [0.1, 0.15) is 27.8 Å². The van der Waals surface area contributed by atoms with E-state index in [4.69, 9.17) is 0 Å². The molecule has 0 amide bonds. The zero-order valence-electron chi connectivity index (χ0n) is 14.6. The Kier molecular flexibility index (Phi) is 4.09. The Balaban J connectivity index is 2.24. The lowest BCUT2D eigenvalue weighted by atomic mass is 9.86. The van der Waals surface area contributed by atoms with Gasteiger partial charge in [0.05, 0.1) is 0 Å². The molecule has 0 spiro atoms. The van der Waals surface area contributed by atoms with Crippen LogP contribution in [-0.2, 0) is 0 Å². The van der Waals surface area contributed by atoms with Crippen LogP contribution in [-0.4, -0.2) is 0 Å². The highest BCUT2D eigenvalue weighted by molar-refractivity contribution is 5.81. The molecular formula is C23H23. The molecule has 0 saturated heterocycles. The lowest BCUT2D eigenvalue weighted by Crippen LogP contribution is -1.96. The fourth-order valence-electron chi connectivity index (χ4n) is 3.13. The molecule has 0 heteroatoms. The smallest absolute Gasteiger partial charge is 0.00613 e. The van der Waals surface area contributed by atoms with Crippen molar-refractivity contribution in [2.75, 3.05) is 0 Å². The van der Waals surface area contributed by atoms with Crippen LogP contribution in [0.5, 0.6) is 0 Å². The Labute approximate surface area is 139 Å². The highest BCUT2D eigenvalue weighted by Crippen LogP contribution is 2.36. The zero-order chi connectivity index (χ0) is 16.6. The van der Waals surface area contributed by atoms with E-state index in [0.717, 1.165) is 0 Å². The molecule has 0 fully saturated rings. The molecule has 0 aromatic heterocycles. The Morgan fingerprint density at radius 3 is 1.57 bits per heavy atom. The highest BCUT2D eigenvalue weighted by Gasteiger charge is 2.14. The summed E-state index contributed by atoms with van der Waals surface area (Å²) in [4.78, 5) is 0. The Morgan fingerprint density at radius 2 is 1.04 bits per heavy atom. The van der Waals surface area contributed by atoms with E-state index in [-0.39, 0.29) is 0 Å². The van der Waals surface area contributed by atoms with E-state index in [9.17, 15) is 0 Å². The van der Waals surface area contributed by atoms with Gasteiger partial charge in [-0.2, -0.15) is 0 Å². The van der Waals surface area contributed by atoms with Crippen LogP contribution in [0.25, 0.3) is 22.3 Å². The molecule has 0 nitrogen and oxygen atoms in total. The van der Waals surface area contributed by atoms with E-state index in [1.54, 1.807) is 0 Å². The van der Waals surface area contributed by atoms with Gasteiger partial charge in [-0.3, -0.25) is 0 Å². The predicted molar refractivity (Wildman–Crippen MR) is 99.8 cm³/mol. The van der Waals surface area contributed by atoms with E-state index < -0.39 is 0 Å². The van der Waals surface area contributed by atoms with Crippen molar-refractivity contribution in [2.24, 2.45) is 0 Å². The summed E-state index contributed by atoms with van der Waals surface area (Å²) >= 11 is 0. The van der Waals surface area contributed by atoms with Gasteiger partial charge in [-0.15, -0.1) is 0 Å². The van der Waals surface area contributed by atoms with Gasteiger partial charge in [0.1, 0.15) is 0 Å². The largest absolute Gasteiger partial charge is 0.0587 e. The summed E-state index contributed by atoms with van der Waals surface area (Å²) in [5.41, 5.74) is 11.5. The summed E-state index contributed by atoms with van der Waals surface area (Å²) < 4.78 is 0. The van der Waals surface area contributed by atoms with Crippen molar-refractivity contribution >= 4 is 0 Å². The van der Waals surface area contributed by atoms with E-state index in [2.05, 4.69) is 89.2 Å². The van der Waals surface area contributed by atoms with Gasteiger partial charge in [0.15, 0.2) is 0 Å². The van der Waals surface area contributed by atoms with E-state index in [1.165, 1.54) is 50.1 Å².